The van der Waals surface area contributed by atoms with E-state index in [0.717, 1.165) is 0 Å². The van der Waals surface area contributed by atoms with Crippen LogP contribution in [0.3, 0.4) is 0 Å². The molecule has 0 aliphatic carbocycles. The summed E-state index contributed by atoms with van der Waals surface area (Å²) in [6.45, 7) is 1.24. The van der Waals surface area contributed by atoms with Crippen molar-refractivity contribution in [3.05, 3.63) is 64.1 Å². The van der Waals surface area contributed by atoms with Crippen LogP contribution in [0.2, 0.25) is 10.0 Å². The molecule has 0 aromatic heterocycles. The number of rotatable bonds is 4. The van der Waals surface area contributed by atoms with Gasteiger partial charge in [0.25, 0.3) is 11.6 Å². The number of hydrazone groups is 1. The van der Waals surface area contributed by atoms with Crippen LogP contribution in [0.15, 0.2) is 53.6 Å². The topological polar surface area (TPSA) is 62.1 Å². The van der Waals surface area contributed by atoms with Crippen LogP contribution >= 0.6 is 23.2 Å². The first kappa shape index (κ1) is 21.4. The molecule has 1 aliphatic heterocycles. The molecule has 29 heavy (non-hydrogen) atoms. The number of nitrogens with zero attached hydrogens (tertiary/aromatic N) is 2. The molecule has 3 rings (SSSR count). The minimum atomic E-state index is -5.14. The Morgan fingerprint density at radius 2 is 1.90 bits per heavy atom. The van der Waals surface area contributed by atoms with Crippen molar-refractivity contribution in [3.8, 4) is 5.75 Å². The zero-order valence-corrected chi connectivity index (χ0v) is 16.5. The molecule has 0 bridgehead atoms. The van der Waals surface area contributed by atoms with E-state index < -0.39 is 30.3 Å². The van der Waals surface area contributed by atoms with E-state index in [1.54, 1.807) is 18.2 Å². The number of alkyl halides is 3. The van der Waals surface area contributed by atoms with Gasteiger partial charge in [-0.25, -0.2) is 0 Å². The summed E-state index contributed by atoms with van der Waals surface area (Å²) in [6.07, 6.45) is -7.46. The third-order valence-electron chi connectivity index (χ3n) is 4.30. The smallest absolute Gasteiger partial charge is 0.438 e. The van der Waals surface area contributed by atoms with Gasteiger partial charge in [-0.05, 0) is 30.7 Å². The van der Waals surface area contributed by atoms with Gasteiger partial charge in [0.05, 0.1) is 17.2 Å². The SMILES string of the molecule is CC(Oc1ccc(Cl)cc1Cl)C(=O)N1N=C(c2ccccc2)CC1(O)C(F)(F)F. The Bertz CT molecular complexity index is 953. The summed E-state index contributed by atoms with van der Waals surface area (Å²) in [5.41, 5.74) is -3.20. The maximum Gasteiger partial charge on any atom is 0.438 e. The number of benzene rings is 2. The van der Waals surface area contributed by atoms with E-state index in [4.69, 9.17) is 27.9 Å². The Labute approximate surface area is 174 Å². The van der Waals surface area contributed by atoms with Gasteiger partial charge in [-0.15, -0.1) is 0 Å². The molecule has 2 aromatic rings. The Morgan fingerprint density at radius 1 is 1.24 bits per heavy atom. The van der Waals surface area contributed by atoms with E-state index >= 15 is 0 Å². The predicted molar refractivity (Wildman–Crippen MR) is 102 cm³/mol. The molecule has 0 spiro atoms. The molecule has 1 N–H and O–H groups in total. The minimum Gasteiger partial charge on any atom is -0.479 e. The van der Waals surface area contributed by atoms with Crippen LogP contribution in [0, 0.1) is 0 Å². The van der Waals surface area contributed by atoms with Gasteiger partial charge >= 0.3 is 6.18 Å². The average Bonchev–Trinajstić information content (AvgIpc) is 3.03. The van der Waals surface area contributed by atoms with Crippen LogP contribution in [-0.2, 0) is 4.79 Å². The lowest BCUT2D eigenvalue weighted by atomic mass is 10.0. The lowest BCUT2D eigenvalue weighted by Crippen LogP contribution is -2.58. The van der Waals surface area contributed by atoms with Gasteiger partial charge in [0.1, 0.15) is 5.75 Å². The van der Waals surface area contributed by atoms with Gasteiger partial charge in [-0.2, -0.15) is 23.3 Å². The van der Waals surface area contributed by atoms with Gasteiger partial charge in [0.2, 0.25) is 0 Å². The number of carbonyl (C=O) groups excluding carboxylic acids is 1. The zero-order chi connectivity index (χ0) is 21.4. The Kier molecular flexibility index (Phi) is 5.80. The molecule has 10 heteroatoms. The highest BCUT2D eigenvalue weighted by Gasteiger charge is 2.63. The second-order valence-corrected chi connectivity index (χ2v) is 7.23. The van der Waals surface area contributed by atoms with E-state index in [0.29, 0.717) is 10.6 Å². The molecule has 0 radical (unpaired) electrons. The molecule has 0 saturated carbocycles. The number of hydrogen-bond donors (Lipinski definition) is 1. The van der Waals surface area contributed by atoms with Gasteiger partial charge in [-0.3, -0.25) is 4.79 Å². The fourth-order valence-electron chi connectivity index (χ4n) is 2.77. The number of carbonyl (C=O) groups is 1. The van der Waals surface area contributed by atoms with Gasteiger partial charge in [0, 0.05) is 5.02 Å². The van der Waals surface area contributed by atoms with Crippen LogP contribution in [0.1, 0.15) is 18.9 Å². The largest absolute Gasteiger partial charge is 0.479 e. The normalized spacial score (nSPS) is 20.4. The number of aliphatic hydroxyl groups is 1. The Balaban J connectivity index is 1.91. The molecular weight excluding hydrogens is 432 g/mol. The van der Waals surface area contributed by atoms with Crippen LogP contribution in [0.4, 0.5) is 13.2 Å². The lowest BCUT2D eigenvalue weighted by molar-refractivity contribution is -0.303. The second-order valence-electron chi connectivity index (χ2n) is 6.39. The minimum absolute atomic E-state index is 0.0316. The van der Waals surface area contributed by atoms with E-state index in [1.165, 1.54) is 37.3 Å². The summed E-state index contributed by atoms with van der Waals surface area (Å²) in [5.74, 6) is -1.12. The van der Waals surface area contributed by atoms with Crippen molar-refractivity contribution < 1.29 is 27.8 Å². The van der Waals surface area contributed by atoms with Gasteiger partial charge < -0.3 is 9.84 Å². The third-order valence-corrected chi connectivity index (χ3v) is 4.83. The number of hydrogen-bond acceptors (Lipinski definition) is 4. The predicted octanol–water partition coefficient (Wildman–Crippen LogP) is 4.65. The van der Waals surface area contributed by atoms with E-state index in [1.807, 2.05) is 0 Å². The highest BCUT2D eigenvalue weighted by molar-refractivity contribution is 6.35. The van der Waals surface area contributed by atoms with E-state index in [2.05, 4.69) is 5.10 Å². The van der Waals surface area contributed by atoms with Gasteiger partial charge in [-0.1, -0.05) is 53.5 Å². The van der Waals surface area contributed by atoms with Crippen molar-refractivity contribution >= 4 is 34.8 Å². The summed E-state index contributed by atoms with van der Waals surface area (Å²) >= 11 is 11.8. The van der Waals surface area contributed by atoms with Crippen LogP contribution in [0.5, 0.6) is 5.75 Å². The molecular formula is C19H15Cl2F3N2O3. The van der Waals surface area contributed by atoms with Crippen LogP contribution in [0.25, 0.3) is 0 Å². The first-order valence-corrected chi connectivity index (χ1v) is 9.16. The summed E-state index contributed by atoms with van der Waals surface area (Å²) in [6, 6.07) is 12.2. The summed E-state index contributed by atoms with van der Waals surface area (Å²) in [7, 11) is 0. The second kappa shape index (κ2) is 7.85. The van der Waals surface area contributed by atoms with Crippen LogP contribution in [-0.4, -0.2) is 39.7 Å². The van der Waals surface area contributed by atoms with Gasteiger partial charge in [0.15, 0.2) is 6.10 Å². The van der Waals surface area contributed by atoms with Crippen molar-refractivity contribution in [2.75, 3.05) is 0 Å². The summed E-state index contributed by atoms with van der Waals surface area (Å²) in [4.78, 5) is 12.7. The fourth-order valence-corrected chi connectivity index (χ4v) is 3.23. The Morgan fingerprint density at radius 3 is 2.48 bits per heavy atom. The van der Waals surface area contributed by atoms with Crippen molar-refractivity contribution in [2.45, 2.75) is 31.3 Å². The van der Waals surface area contributed by atoms with Crippen molar-refractivity contribution in [1.29, 1.82) is 0 Å². The molecule has 1 aliphatic rings. The molecule has 2 aromatic carbocycles. The maximum atomic E-state index is 13.6. The van der Waals surface area contributed by atoms with Crippen molar-refractivity contribution in [1.82, 2.24) is 5.01 Å². The molecule has 154 valence electrons. The average molecular weight is 447 g/mol. The summed E-state index contributed by atoms with van der Waals surface area (Å²) in [5, 5.41) is 14.6. The van der Waals surface area contributed by atoms with E-state index in [9.17, 15) is 23.1 Å². The number of amides is 1. The first-order valence-electron chi connectivity index (χ1n) is 8.41. The number of halogens is 5. The lowest BCUT2D eigenvalue weighted by Gasteiger charge is -2.33. The highest BCUT2D eigenvalue weighted by atomic mass is 35.5. The molecule has 0 fully saturated rings. The van der Waals surface area contributed by atoms with Crippen molar-refractivity contribution in [3.63, 3.8) is 0 Å². The molecule has 2 atom stereocenters. The highest BCUT2D eigenvalue weighted by Crippen LogP contribution is 2.42. The monoisotopic (exact) mass is 446 g/mol. The van der Waals surface area contributed by atoms with E-state index in [-0.39, 0.29) is 21.5 Å². The number of ether oxygens (including phenoxy) is 1. The Hall–Kier alpha value is -2.29. The summed E-state index contributed by atoms with van der Waals surface area (Å²) < 4.78 is 46.3. The fraction of sp³-hybridized carbons (Fsp3) is 0.263. The molecule has 0 saturated heterocycles. The van der Waals surface area contributed by atoms with Crippen molar-refractivity contribution in [2.24, 2.45) is 5.10 Å². The standard InChI is InChI=1S/C19H15Cl2F3N2O3/c1-11(29-16-8-7-13(20)9-14(16)21)17(27)26-18(28,19(22,23)24)10-15(25-26)12-5-3-2-4-6-12/h2-9,11,28H,10H2,1H3. The first-order chi connectivity index (χ1) is 13.5. The molecule has 5 nitrogen and oxygen atoms in total. The quantitative estimate of drug-likeness (QED) is 0.743. The zero-order valence-electron chi connectivity index (χ0n) is 15.0. The molecule has 1 heterocycles. The third kappa shape index (κ3) is 4.19. The maximum absolute atomic E-state index is 13.6. The van der Waals surface area contributed by atoms with Crippen LogP contribution < -0.4 is 4.74 Å². The molecule has 2 unspecified atom stereocenters. The molecule has 1 amide bonds.